The van der Waals surface area contributed by atoms with Crippen molar-refractivity contribution in [1.29, 1.82) is 0 Å². The predicted molar refractivity (Wildman–Crippen MR) is 87.0 cm³/mol. The Balaban J connectivity index is 2.76. The molecule has 2 N–H and O–H groups in total. The normalized spacial score (nSPS) is 11.9. The van der Waals surface area contributed by atoms with Gasteiger partial charge in [0.15, 0.2) is 0 Å². The molecule has 5 nitrogen and oxygen atoms in total. The zero-order chi connectivity index (χ0) is 16.7. The summed E-state index contributed by atoms with van der Waals surface area (Å²) in [6, 6.07) is 4.68. The molecule has 0 bridgehead atoms. The molecule has 0 aliphatic heterocycles. The third-order valence-corrected chi connectivity index (χ3v) is 3.53. The number of likely N-dealkylation sites (N-methyl/N-ethyl adjacent to an activating group) is 1. The Kier molecular flexibility index (Phi) is 7.65. The maximum Gasteiger partial charge on any atom is 0.239 e. The molecule has 1 rings (SSSR count). The first kappa shape index (κ1) is 18.7. The molecule has 7 heteroatoms. The first-order valence-corrected chi connectivity index (χ1v) is 7.75. The number of amides is 2. The van der Waals surface area contributed by atoms with E-state index in [1.165, 1.54) is 11.9 Å². The van der Waals surface area contributed by atoms with Crippen molar-refractivity contribution < 1.29 is 14.7 Å². The quantitative estimate of drug-likeness (QED) is 0.796. The van der Waals surface area contributed by atoms with E-state index in [9.17, 15) is 14.7 Å². The summed E-state index contributed by atoms with van der Waals surface area (Å²) < 4.78 is 0. The van der Waals surface area contributed by atoms with Gasteiger partial charge in [-0.25, -0.2) is 0 Å². The number of nitrogens with zero attached hydrogens (tertiary/aromatic N) is 1. The maximum absolute atomic E-state index is 12.3. The molecule has 22 heavy (non-hydrogen) atoms. The third kappa shape index (κ3) is 5.83. The highest BCUT2D eigenvalue weighted by Crippen LogP contribution is 2.25. The standard InChI is InChI=1S/C15H20Cl2N2O3/c1-3-4-19(9-14(21)18-2)15(22)8-13(20)10-5-11(16)7-12(17)6-10/h5-7,13,20H,3-4,8-9H2,1-2H3,(H,18,21). The van der Waals surface area contributed by atoms with Crippen molar-refractivity contribution in [1.82, 2.24) is 10.2 Å². The molecule has 0 aromatic heterocycles. The molecule has 0 spiro atoms. The predicted octanol–water partition coefficient (Wildman–Crippen LogP) is 2.40. The summed E-state index contributed by atoms with van der Waals surface area (Å²) in [6.07, 6.45) is -0.428. The molecule has 1 aromatic carbocycles. The van der Waals surface area contributed by atoms with E-state index in [0.717, 1.165) is 6.42 Å². The van der Waals surface area contributed by atoms with Gasteiger partial charge in [0, 0.05) is 23.6 Å². The second-order valence-corrected chi connectivity index (χ2v) is 5.78. The Bertz CT molecular complexity index is 517. The monoisotopic (exact) mass is 346 g/mol. The summed E-state index contributed by atoms with van der Waals surface area (Å²) in [7, 11) is 1.51. The Labute approximate surface area is 140 Å². The van der Waals surface area contributed by atoms with Crippen LogP contribution in [-0.2, 0) is 9.59 Å². The van der Waals surface area contributed by atoms with Crippen LogP contribution in [-0.4, -0.2) is 42.0 Å². The van der Waals surface area contributed by atoms with E-state index in [1.54, 1.807) is 18.2 Å². The second-order valence-electron chi connectivity index (χ2n) is 4.91. The van der Waals surface area contributed by atoms with Gasteiger partial charge >= 0.3 is 0 Å². The van der Waals surface area contributed by atoms with E-state index in [1.807, 2.05) is 6.92 Å². The molecule has 122 valence electrons. The Hall–Kier alpha value is -1.30. The highest BCUT2D eigenvalue weighted by atomic mass is 35.5. The smallest absolute Gasteiger partial charge is 0.239 e. The van der Waals surface area contributed by atoms with E-state index in [-0.39, 0.29) is 24.8 Å². The average molecular weight is 347 g/mol. The molecule has 0 saturated carbocycles. The van der Waals surface area contributed by atoms with E-state index in [4.69, 9.17) is 23.2 Å². The highest BCUT2D eigenvalue weighted by Gasteiger charge is 2.20. The van der Waals surface area contributed by atoms with Gasteiger partial charge in [-0.2, -0.15) is 0 Å². The molecule has 0 radical (unpaired) electrons. The lowest BCUT2D eigenvalue weighted by Crippen LogP contribution is -2.40. The summed E-state index contributed by atoms with van der Waals surface area (Å²) in [6.45, 7) is 2.35. The van der Waals surface area contributed by atoms with Crippen LogP contribution in [0.25, 0.3) is 0 Å². The number of carbonyl (C=O) groups excluding carboxylic acids is 2. The van der Waals surface area contributed by atoms with Crippen molar-refractivity contribution >= 4 is 35.0 Å². The number of carbonyl (C=O) groups is 2. The van der Waals surface area contributed by atoms with Gasteiger partial charge in [-0.05, 0) is 30.2 Å². The first-order chi connectivity index (χ1) is 10.4. The summed E-state index contributed by atoms with van der Waals surface area (Å²) >= 11 is 11.8. The number of rotatable bonds is 7. The molecular weight excluding hydrogens is 327 g/mol. The van der Waals surface area contributed by atoms with Crippen LogP contribution in [0.3, 0.4) is 0 Å². The van der Waals surface area contributed by atoms with Crippen LogP contribution < -0.4 is 5.32 Å². The Morgan fingerprint density at radius 1 is 1.27 bits per heavy atom. The van der Waals surface area contributed by atoms with Crippen molar-refractivity contribution in [2.24, 2.45) is 0 Å². The van der Waals surface area contributed by atoms with Crippen LogP contribution in [0.1, 0.15) is 31.4 Å². The van der Waals surface area contributed by atoms with E-state index in [2.05, 4.69) is 5.32 Å². The van der Waals surface area contributed by atoms with E-state index >= 15 is 0 Å². The van der Waals surface area contributed by atoms with Crippen LogP contribution in [0.4, 0.5) is 0 Å². The van der Waals surface area contributed by atoms with Gasteiger partial charge in [-0.15, -0.1) is 0 Å². The van der Waals surface area contributed by atoms with Gasteiger partial charge in [-0.3, -0.25) is 9.59 Å². The van der Waals surface area contributed by atoms with Gasteiger partial charge in [0.2, 0.25) is 11.8 Å². The lowest BCUT2D eigenvalue weighted by molar-refractivity contribution is -0.137. The molecule has 0 saturated heterocycles. The summed E-state index contributed by atoms with van der Waals surface area (Å²) in [5, 5.41) is 13.4. The van der Waals surface area contributed by atoms with Gasteiger partial charge in [-0.1, -0.05) is 30.1 Å². The fraction of sp³-hybridized carbons (Fsp3) is 0.467. The SMILES string of the molecule is CCCN(CC(=O)NC)C(=O)CC(O)c1cc(Cl)cc(Cl)c1. The maximum atomic E-state index is 12.3. The third-order valence-electron chi connectivity index (χ3n) is 3.10. The molecule has 0 fully saturated rings. The highest BCUT2D eigenvalue weighted by molar-refractivity contribution is 6.34. The number of aliphatic hydroxyl groups excluding tert-OH is 1. The molecule has 1 aromatic rings. The van der Waals surface area contributed by atoms with Crippen LogP contribution in [0, 0.1) is 0 Å². The van der Waals surface area contributed by atoms with Crippen LogP contribution in [0.15, 0.2) is 18.2 Å². The fourth-order valence-electron chi connectivity index (χ4n) is 1.99. The van der Waals surface area contributed by atoms with Gasteiger partial charge in [0.1, 0.15) is 0 Å². The molecule has 1 unspecified atom stereocenters. The zero-order valence-corrected chi connectivity index (χ0v) is 14.1. The summed E-state index contributed by atoms with van der Waals surface area (Å²) in [4.78, 5) is 25.1. The molecular formula is C15H20Cl2N2O3. The Morgan fingerprint density at radius 3 is 2.36 bits per heavy atom. The first-order valence-electron chi connectivity index (χ1n) is 6.99. The lowest BCUT2D eigenvalue weighted by Gasteiger charge is -2.23. The van der Waals surface area contributed by atoms with Crippen molar-refractivity contribution in [2.45, 2.75) is 25.9 Å². The number of hydrogen-bond acceptors (Lipinski definition) is 3. The van der Waals surface area contributed by atoms with Crippen molar-refractivity contribution in [2.75, 3.05) is 20.1 Å². The summed E-state index contributed by atoms with van der Waals surface area (Å²) in [5.74, 6) is -0.545. The Morgan fingerprint density at radius 2 is 1.86 bits per heavy atom. The second kappa shape index (κ2) is 8.98. The van der Waals surface area contributed by atoms with Crippen LogP contribution in [0.2, 0.25) is 10.0 Å². The van der Waals surface area contributed by atoms with Crippen molar-refractivity contribution in [3.05, 3.63) is 33.8 Å². The molecule has 0 aliphatic rings. The zero-order valence-electron chi connectivity index (χ0n) is 12.6. The molecule has 2 amide bonds. The average Bonchev–Trinajstić information content (AvgIpc) is 2.45. The molecule has 1 atom stereocenters. The largest absolute Gasteiger partial charge is 0.388 e. The van der Waals surface area contributed by atoms with Crippen molar-refractivity contribution in [3.63, 3.8) is 0 Å². The summed E-state index contributed by atoms with van der Waals surface area (Å²) in [5.41, 5.74) is 0.474. The molecule has 0 aliphatic carbocycles. The van der Waals surface area contributed by atoms with E-state index < -0.39 is 6.10 Å². The van der Waals surface area contributed by atoms with Crippen LogP contribution in [0.5, 0.6) is 0 Å². The number of aliphatic hydroxyl groups is 1. The van der Waals surface area contributed by atoms with Gasteiger partial charge in [0.05, 0.1) is 19.1 Å². The minimum Gasteiger partial charge on any atom is -0.388 e. The molecule has 0 heterocycles. The van der Waals surface area contributed by atoms with E-state index in [0.29, 0.717) is 22.2 Å². The van der Waals surface area contributed by atoms with Crippen LogP contribution >= 0.6 is 23.2 Å². The number of halogens is 2. The minimum atomic E-state index is -1.02. The lowest BCUT2D eigenvalue weighted by atomic mass is 10.1. The van der Waals surface area contributed by atoms with Crippen molar-refractivity contribution in [3.8, 4) is 0 Å². The minimum absolute atomic E-state index is 0.0216. The fourth-order valence-corrected chi connectivity index (χ4v) is 2.54. The number of nitrogens with one attached hydrogen (secondary N) is 1. The number of benzene rings is 1. The number of hydrogen-bond donors (Lipinski definition) is 2. The van der Waals surface area contributed by atoms with Gasteiger partial charge in [0.25, 0.3) is 0 Å². The topological polar surface area (TPSA) is 69.6 Å². The van der Waals surface area contributed by atoms with Gasteiger partial charge < -0.3 is 15.3 Å².